The average Bonchev–Trinajstić information content (AvgIpc) is 3.12. The smallest absolute Gasteiger partial charge is 0.233 e. The minimum Gasteiger partial charge on any atom is -0.379 e. The Labute approximate surface area is 121 Å². The lowest BCUT2D eigenvalue weighted by Gasteiger charge is -2.13. The summed E-state index contributed by atoms with van der Waals surface area (Å²) in [6.45, 7) is 6.30. The summed E-state index contributed by atoms with van der Waals surface area (Å²) in [5.41, 5.74) is 1.03. The summed E-state index contributed by atoms with van der Waals surface area (Å²) < 4.78 is 10.9. The lowest BCUT2D eigenvalue weighted by molar-refractivity contribution is 0.185. The Hall–Kier alpha value is -1.31. The van der Waals surface area contributed by atoms with Crippen LogP contribution < -0.4 is 5.32 Å². The van der Waals surface area contributed by atoms with Crippen LogP contribution in [0.15, 0.2) is 9.90 Å². The third-order valence-corrected chi connectivity index (χ3v) is 4.29. The van der Waals surface area contributed by atoms with Crippen molar-refractivity contribution in [1.82, 2.24) is 20.4 Å². The summed E-state index contributed by atoms with van der Waals surface area (Å²) in [6, 6.07) is 0.260. The second kappa shape index (κ2) is 5.99. The second-order valence-corrected chi connectivity index (χ2v) is 5.86. The molecule has 0 aromatic carbocycles. The number of thiazole rings is 1. The molecule has 0 saturated carbocycles. The maximum Gasteiger partial charge on any atom is 0.233 e. The monoisotopic (exact) mass is 294 g/mol. The Morgan fingerprint density at radius 1 is 1.40 bits per heavy atom. The van der Waals surface area contributed by atoms with Crippen molar-refractivity contribution in [3.05, 3.63) is 27.8 Å². The van der Waals surface area contributed by atoms with Crippen molar-refractivity contribution >= 4 is 11.3 Å². The normalized spacial score (nSPS) is 22.5. The van der Waals surface area contributed by atoms with Gasteiger partial charge in [-0.3, -0.25) is 0 Å². The minimum absolute atomic E-state index is 0.147. The highest BCUT2D eigenvalue weighted by Crippen LogP contribution is 2.25. The van der Waals surface area contributed by atoms with Gasteiger partial charge in [0, 0.05) is 17.1 Å². The number of rotatable bonds is 5. The topological polar surface area (TPSA) is 73.1 Å². The van der Waals surface area contributed by atoms with Gasteiger partial charge in [-0.25, -0.2) is 4.98 Å². The van der Waals surface area contributed by atoms with E-state index >= 15 is 0 Å². The molecule has 0 spiro atoms. The molecular formula is C13H18N4O2S. The van der Waals surface area contributed by atoms with Gasteiger partial charge in [0.2, 0.25) is 5.89 Å². The largest absolute Gasteiger partial charge is 0.379 e. The van der Waals surface area contributed by atoms with Crippen LogP contribution in [0.5, 0.6) is 0 Å². The molecule has 3 heterocycles. The third-order valence-electron chi connectivity index (χ3n) is 3.32. The molecule has 1 saturated heterocycles. The Bertz CT molecular complexity index is 568. The molecule has 2 aromatic heterocycles. The van der Waals surface area contributed by atoms with E-state index in [-0.39, 0.29) is 12.0 Å². The van der Waals surface area contributed by atoms with Crippen molar-refractivity contribution < 1.29 is 9.26 Å². The Kier molecular flexibility index (Phi) is 4.09. The first-order valence-electron chi connectivity index (χ1n) is 6.81. The molecule has 3 rings (SSSR count). The molecule has 20 heavy (non-hydrogen) atoms. The van der Waals surface area contributed by atoms with Gasteiger partial charge in [0.25, 0.3) is 0 Å². The Balaban J connectivity index is 1.70. The van der Waals surface area contributed by atoms with Gasteiger partial charge in [-0.2, -0.15) is 4.98 Å². The molecule has 0 radical (unpaired) electrons. The van der Waals surface area contributed by atoms with E-state index in [1.54, 1.807) is 11.3 Å². The van der Waals surface area contributed by atoms with Crippen LogP contribution in [0.3, 0.4) is 0 Å². The summed E-state index contributed by atoms with van der Waals surface area (Å²) in [5, 5.41) is 10.5. The van der Waals surface area contributed by atoms with Crippen LogP contribution in [-0.4, -0.2) is 40.9 Å². The Morgan fingerprint density at radius 2 is 2.30 bits per heavy atom. The van der Waals surface area contributed by atoms with E-state index in [4.69, 9.17) is 9.26 Å². The summed E-state index contributed by atoms with van der Waals surface area (Å²) in [5.74, 6) is 1.50. The van der Waals surface area contributed by atoms with Gasteiger partial charge in [0.05, 0.1) is 25.6 Å². The zero-order valence-electron chi connectivity index (χ0n) is 11.6. The third kappa shape index (κ3) is 2.89. The zero-order valence-corrected chi connectivity index (χ0v) is 12.4. The number of ether oxygens (including phenoxy) is 1. The molecule has 0 aliphatic carbocycles. The number of hydrogen-bond acceptors (Lipinski definition) is 7. The molecule has 0 bridgehead atoms. The Morgan fingerprint density at radius 3 is 3.05 bits per heavy atom. The number of aromatic nitrogens is 3. The van der Waals surface area contributed by atoms with Crippen molar-refractivity contribution in [3.63, 3.8) is 0 Å². The molecule has 2 unspecified atom stereocenters. The van der Waals surface area contributed by atoms with E-state index in [0.29, 0.717) is 31.3 Å². The fraction of sp³-hybridized carbons (Fsp3) is 0.615. The van der Waals surface area contributed by atoms with Crippen LogP contribution in [0.4, 0.5) is 0 Å². The lowest BCUT2D eigenvalue weighted by atomic mass is 10.0. The van der Waals surface area contributed by atoms with Gasteiger partial charge in [-0.15, -0.1) is 11.3 Å². The SMILES string of the molecule is CCNC1COCC1c1nc(Cc2nc(C)cs2)no1. The number of aryl methyl sites for hydroxylation is 1. The van der Waals surface area contributed by atoms with Crippen LogP contribution in [-0.2, 0) is 11.2 Å². The molecule has 2 atom stereocenters. The highest BCUT2D eigenvalue weighted by atomic mass is 32.1. The van der Waals surface area contributed by atoms with E-state index in [0.717, 1.165) is 17.2 Å². The molecule has 7 heteroatoms. The quantitative estimate of drug-likeness (QED) is 0.901. The molecule has 1 aliphatic heterocycles. The highest BCUT2D eigenvalue weighted by molar-refractivity contribution is 7.09. The van der Waals surface area contributed by atoms with Crippen LogP contribution in [0, 0.1) is 6.92 Å². The van der Waals surface area contributed by atoms with Gasteiger partial charge >= 0.3 is 0 Å². The molecule has 1 N–H and O–H groups in total. The van der Waals surface area contributed by atoms with Crippen LogP contribution in [0.2, 0.25) is 0 Å². The fourth-order valence-electron chi connectivity index (χ4n) is 2.37. The molecule has 1 fully saturated rings. The zero-order chi connectivity index (χ0) is 13.9. The molecule has 6 nitrogen and oxygen atoms in total. The first-order valence-corrected chi connectivity index (χ1v) is 7.69. The fourth-order valence-corrected chi connectivity index (χ4v) is 3.14. The second-order valence-electron chi connectivity index (χ2n) is 4.92. The number of likely N-dealkylation sites (N-methyl/N-ethyl adjacent to an activating group) is 1. The van der Waals surface area contributed by atoms with E-state index in [9.17, 15) is 0 Å². The van der Waals surface area contributed by atoms with E-state index in [2.05, 4.69) is 27.4 Å². The summed E-state index contributed by atoms with van der Waals surface area (Å²) in [6.07, 6.45) is 0.626. The van der Waals surface area contributed by atoms with Gasteiger partial charge in [-0.05, 0) is 13.5 Å². The van der Waals surface area contributed by atoms with Gasteiger partial charge in [0.15, 0.2) is 5.82 Å². The summed E-state index contributed by atoms with van der Waals surface area (Å²) in [4.78, 5) is 8.92. The van der Waals surface area contributed by atoms with Gasteiger partial charge in [-0.1, -0.05) is 12.1 Å². The highest BCUT2D eigenvalue weighted by Gasteiger charge is 2.33. The standard InChI is InChI=1S/C13H18N4O2S/c1-3-14-10-6-18-5-9(10)13-16-11(17-19-13)4-12-15-8(2)7-20-12/h7,9-10,14H,3-6H2,1-2H3. The first kappa shape index (κ1) is 13.7. The van der Waals surface area contributed by atoms with Crippen molar-refractivity contribution in [2.24, 2.45) is 0 Å². The molecule has 1 aliphatic rings. The van der Waals surface area contributed by atoms with Crippen LogP contribution in [0.25, 0.3) is 0 Å². The maximum absolute atomic E-state index is 5.51. The van der Waals surface area contributed by atoms with Crippen LogP contribution >= 0.6 is 11.3 Å². The average molecular weight is 294 g/mol. The molecule has 0 amide bonds. The predicted molar refractivity (Wildman–Crippen MR) is 75.0 cm³/mol. The van der Waals surface area contributed by atoms with E-state index in [1.807, 2.05) is 12.3 Å². The minimum atomic E-state index is 0.147. The van der Waals surface area contributed by atoms with Crippen molar-refractivity contribution in [2.75, 3.05) is 19.8 Å². The predicted octanol–water partition coefficient (Wildman–Crippen LogP) is 1.52. The lowest BCUT2D eigenvalue weighted by Crippen LogP contribution is -2.34. The van der Waals surface area contributed by atoms with Crippen molar-refractivity contribution in [2.45, 2.75) is 32.2 Å². The van der Waals surface area contributed by atoms with Gasteiger partial charge in [0.1, 0.15) is 5.01 Å². The number of hydrogen-bond donors (Lipinski definition) is 1. The molecule has 2 aromatic rings. The van der Waals surface area contributed by atoms with E-state index in [1.165, 1.54) is 0 Å². The van der Waals surface area contributed by atoms with Crippen molar-refractivity contribution in [1.29, 1.82) is 0 Å². The summed E-state index contributed by atoms with van der Waals surface area (Å²) in [7, 11) is 0. The molecular weight excluding hydrogens is 276 g/mol. The van der Waals surface area contributed by atoms with Crippen molar-refractivity contribution in [3.8, 4) is 0 Å². The van der Waals surface area contributed by atoms with E-state index < -0.39 is 0 Å². The maximum atomic E-state index is 5.51. The summed E-state index contributed by atoms with van der Waals surface area (Å²) >= 11 is 1.62. The number of nitrogens with one attached hydrogen (secondary N) is 1. The van der Waals surface area contributed by atoms with Crippen LogP contribution in [0.1, 0.15) is 35.3 Å². The number of nitrogens with zero attached hydrogens (tertiary/aromatic N) is 3. The van der Waals surface area contributed by atoms with Gasteiger partial charge < -0.3 is 14.6 Å². The molecule has 108 valence electrons. The first-order chi connectivity index (χ1) is 9.76.